The van der Waals surface area contributed by atoms with Crippen molar-refractivity contribution in [2.24, 2.45) is 5.41 Å². The molecule has 25 nitrogen and oxygen atoms in total. The summed E-state index contributed by atoms with van der Waals surface area (Å²) in [5.41, 5.74) is 0.389. The number of Topliss-reactive ketones (excluding diaryl/α,β-unsaturated/α-hetero) is 9. The second-order valence-electron chi connectivity index (χ2n) is 32.1. The number of hydrogen-bond donors (Lipinski definition) is 0. The summed E-state index contributed by atoms with van der Waals surface area (Å²) in [7, 11) is 4.15. The van der Waals surface area contributed by atoms with Crippen LogP contribution >= 0.6 is 0 Å². The molecule has 0 aliphatic rings. The minimum absolute atomic E-state index is 0.0758. The summed E-state index contributed by atoms with van der Waals surface area (Å²) in [5, 5.41) is 0. The normalized spacial score (nSPS) is 10.6. The molecule has 0 fully saturated rings. The lowest BCUT2D eigenvalue weighted by Gasteiger charge is -2.23. The third kappa shape index (κ3) is 180. The molecule has 0 aromatic rings. The van der Waals surface area contributed by atoms with Gasteiger partial charge in [0.05, 0.1) is 0 Å². The molecular formula is C98H197NO24. The highest BCUT2D eigenvalue weighted by Crippen LogP contribution is 2.26. The van der Waals surface area contributed by atoms with Crippen LogP contribution in [0.2, 0.25) is 0 Å². The van der Waals surface area contributed by atoms with Gasteiger partial charge in [0.15, 0.2) is 52.0 Å². The van der Waals surface area contributed by atoms with E-state index in [1.54, 1.807) is 20.8 Å². The Balaban J connectivity index is -0.000000170. The summed E-state index contributed by atoms with van der Waals surface area (Å²) in [6, 6.07) is 0. The van der Waals surface area contributed by atoms with Crippen LogP contribution in [0.25, 0.3) is 0 Å². The van der Waals surface area contributed by atoms with Crippen LogP contribution in [0.15, 0.2) is 0 Å². The molecule has 0 aromatic carbocycles. The molecular weight excluding hydrogens is 1580 g/mol. The standard InChI is InChI=1S/C14H28O3.2C12H24O3.C11H22O3.C10H21NO2.2C10H20O3.C10H20O2.C9H18O2/c1-5-7-14(3,4)8-11-16-9-6-10-17-12-13(2)15;1-3-4-5-8-14-9-6-7-10-15-11-12(2)13;1-3-4-5-6-8-14-9-7-10-15-11-12(2)13;1-3-4-5-7-13-8-6-9-14-10-11(2)12;1-10(12)9-13-8-6-4-5-7-11(2)3;1-3-6-12-7-4-5-8-13-9-10(2)11;1-3-4-6-12-7-5-8-13-9-10(2)11;1-3-4-5-6-7-8-12-9-10(2)11;1-3-4-5-6-7-11-8-9(2)10/h5-12H2,1-4H3;2*3-11H2,1-2H3;3-10H2,1-2H3;4-9H2,1-3H3;2*3-9H2,1-2H3;3-9H2,1-2H3;3-8H2,1-2H3. The van der Waals surface area contributed by atoms with E-state index in [-0.39, 0.29) is 112 Å². The highest BCUT2D eigenvalue weighted by atomic mass is 16.5. The maximum absolute atomic E-state index is 10.6. The highest BCUT2D eigenvalue weighted by Gasteiger charge is 2.16. The summed E-state index contributed by atoms with van der Waals surface area (Å²) in [5.74, 6) is 0.814. The zero-order chi connectivity index (χ0) is 94.3. The largest absolute Gasteiger partial charge is 0.381 e. The summed E-state index contributed by atoms with van der Waals surface area (Å²) in [6.45, 7) is 54.8. The molecule has 0 atom stereocenters. The molecule has 0 rings (SSSR count). The number of carbonyl (C=O) groups is 9. The molecule has 123 heavy (non-hydrogen) atoms. The van der Waals surface area contributed by atoms with Crippen molar-refractivity contribution in [3.8, 4) is 0 Å². The van der Waals surface area contributed by atoms with Gasteiger partial charge in [0.2, 0.25) is 0 Å². The van der Waals surface area contributed by atoms with Crippen LogP contribution in [0.5, 0.6) is 0 Å². The molecule has 0 aliphatic carbocycles. The van der Waals surface area contributed by atoms with Crippen LogP contribution in [0.1, 0.15) is 363 Å². The summed E-state index contributed by atoms with van der Waals surface area (Å²) >= 11 is 0. The van der Waals surface area contributed by atoms with Gasteiger partial charge in [-0.1, -0.05) is 172 Å². The third-order valence-electron chi connectivity index (χ3n) is 16.4. The maximum atomic E-state index is 10.6. The van der Waals surface area contributed by atoms with Crippen molar-refractivity contribution >= 4 is 52.0 Å². The highest BCUT2D eigenvalue weighted by molar-refractivity contribution is 5.79. The molecule has 0 saturated heterocycles. The van der Waals surface area contributed by atoms with Gasteiger partial charge in [-0.05, 0) is 217 Å². The number of ether oxygens (including phenoxy) is 15. The Kier molecular flexibility index (Phi) is 139. The lowest BCUT2D eigenvalue weighted by atomic mass is 9.85. The van der Waals surface area contributed by atoms with E-state index in [4.69, 9.17) is 71.1 Å². The molecule has 0 unspecified atom stereocenters. The van der Waals surface area contributed by atoms with Gasteiger partial charge in [0, 0.05) is 139 Å². The molecule has 0 saturated carbocycles. The van der Waals surface area contributed by atoms with Gasteiger partial charge in [0.1, 0.15) is 59.5 Å². The number of hydrogen-bond acceptors (Lipinski definition) is 25. The Morgan fingerprint density at radius 2 is 0.350 bits per heavy atom. The van der Waals surface area contributed by atoms with Crippen molar-refractivity contribution in [1.82, 2.24) is 4.90 Å². The third-order valence-corrected chi connectivity index (χ3v) is 16.4. The lowest BCUT2D eigenvalue weighted by molar-refractivity contribution is -0.122. The average Bonchev–Trinajstić information content (AvgIpc) is 0.945. The average molecular weight is 1770 g/mol. The first kappa shape index (κ1) is 137. The molecule has 0 aliphatic heterocycles. The summed E-state index contributed by atoms with van der Waals surface area (Å²) < 4.78 is 78.4. The van der Waals surface area contributed by atoms with Crippen LogP contribution in [-0.2, 0) is 114 Å². The van der Waals surface area contributed by atoms with E-state index in [1.807, 2.05) is 0 Å². The fourth-order valence-corrected chi connectivity index (χ4v) is 9.75. The van der Waals surface area contributed by atoms with Gasteiger partial charge in [-0.15, -0.1) is 0 Å². The Hall–Kier alpha value is -3.61. The second-order valence-corrected chi connectivity index (χ2v) is 32.1. The van der Waals surface area contributed by atoms with Crippen molar-refractivity contribution in [2.75, 3.05) is 219 Å². The van der Waals surface area contributed by atoms with E-state index in [2.05, 4.69) is 88.2 Å². The van der Waals surface area contributed by atoms with Gasteiger partial charge >= 0.3 is 0 Å². The van der Waals surface area contributed by atoms with Gasteiger partial charge < -0.3 is 76.0 Å². The summed E-state index contributed by atoms with van der Waals surface area (Å²) in [4.78, 5) is 96.6. The fourth-order valence-electron chi connectivity index (χ4n) is 9.75. The van der Waals surface area contributed by atoms with Crippen molar-refractivity contribution in [3.05, 3.63) is 0 Å². The van der Waals surface area contributed by atoms with Gasteiger partial charge in [0.25, 0.3) is 0 Å². The number of rotatable bonds is 84. The molecule has 0 spiro atoms. The Labute approximate surface area is 754 Å². The van der Waals surface area contributed by atoms with E-state index in [1.165, 1.54) is 164 Å². The van der Waals surface area contributed by atoms with Gasteiger partial charge in [-0.25, -0.2) is 0 Å². The first-order valence-electron chi connectivity index (χ1n) is 47.8. The van der Waals surface area contributed by atoms with Crippen molar-refractivity contribution < 1.29 is 114 Å². The van der Waals surface area contributed by atoms with Crippen molar-refractivity contribution in [3.63, 3.8) is 0 Å². The molecule has 738 valence electrons. The number of carbonyl (C=O) groups excluding carboxylic acids is 9. The topological polar surface area (TPSA) is 295 Å². The lowest BCUT2D eigenvalue weighted by Crippen LogP contribution is -2.15. The quantitative estimate of drug-likeness (QED) is 0.0511. The fraction of sp³-hybridized carbons (Fsp3) is 0.908. The van der Waals surface area contributed by atoms with Crippen molar-refractivity contribution in [2.45, 2.75) is 363 Å². The number of nitrogens with zero attached hydrogens (tertiary/aromatic N) is 1. The zero-order valence-electron chi connectivity index (χ0n) is 83.6. The Morgan fingerprint density at radius 1 is 0.179 bits per heavy atom. The SMILES string of the molecule is CC(=O)COCCCCCN(C)C.CCCC(C)(C)CCOCCCOCC(C)=O.CCCCCCCOCC(C)=O.CCCCCCOCC(C)=O.CCCCCCOCCCOCC(C)=O.CCCCCOCCCCOCC(C)=O.CCCCCOCCCOCC(C)=O.CCCCOCCCOCC(C)=O.CCCOCCCCOCC(C)=O. The molecule has 0 radical (unpaired) electrons. The number of unbranched alkanes of at least 4 members (excludes halogenated alkanes) is 19. The predicted octanol–water partition coefficient (Wildman–Crippen LogP) is 20.2. The minimum atomic E-state index is 0.0758. The number of ketones is 9. The molecule has 0 N–H and O–H groups in total. The molecule has 0 aromatic heterocycles. The first-order valence-corrected chi connectivity index (χ1v) is 47.8. The second kappa shape index (κ2) is 125. The molecule has 0 heterocycles. The Bertz CT molecular complexity index is 2070. The van der Waals surface area contributed by atoms with Gasteiger partial charge in [-0.2, -0.15) is 0 Å². The zero-order valence-corrected chi connectivity index (χ0v) is 83.6. The van der Waals surface area contributed by atoms with E-state index in [0.29, 0.717) is 51.7 Å². The Morgan fingerprint density at radius 3 is 0.577 bits per heavy atom. The monoisotopic (exact) mass is 1770 g/mol. The van der Waals surface area contributed by atoms with Crippen molar-refractivity contribution in [1.29, 1.82) is 0 Å². The smallest absolute Gasteiger partial charge is 0.155 e. The minimum Gasteiger partial charge on any atom is -0.381 e. The predicted molar refractivity (Wildman–Crippen MR) is 502 cm³/mol. The van der Waals surface area contributed by atoms with Crippen LogP contribution in [-0.4, -0.2) is 276 Å². The molecule has 0 bridgehead atoms. The molecule has 25 heteroatoms. The van der Waals surface area contributed by atoms with E-state index in [9.17, 15) is 43.2 Å². The van der Waals surface area contributed by atoms with Crippen LogP contribution in [0.4, 0.5) is 0 Å². The first-order chi connectivity index (χ1) is 59.0. The van der Waals surface area contributed by atoms with Gasteiger partial charge in [-0.3, -0.25) is 43.2 Å². The molecule has 0 amide bonds. The van der Waals surface area contributed by atoms with E-state index in [0.717, 1.165) is 208 Å². The summed E-state index contributed by atoms with van der Waals surface area (Å²) in [6.07, 6.45) is 41.1. The van der Waals surface area contributed by atoms with E-state index >= 15 is 0 Å². The van der Waals surface area contributed by atoms with Crippen LogP contribution < -0.4 is 0 Å². The van der Waals surface area contributed by atoms with Crippen LogP contribution in [0.3, 0.4) is 0 Å². The maximum Gasteiger partial charge on any atom is 0.155 e. The van der Waals surface area contributed by atoms with E-state index < -0.39 is 0 Å². The van der Waals surface area contributed by atoms with Crippen LogP contribution in [0, 0.1) is 5.41 Å².